The molecular formula is C15H25NO5. The van der Waals surface area contributed by atoms with E-state index in [0.717, 1.165) is 0 Å². The number of carbonyl (C=O) groups is 1. The van der Waals surface area contributed by atoms with Crippen molar-refractivity contribution in [2.45, 2.75) is 63.1 Å². The minimum absolute atomic E-state index is 0.113. The van der Waals surface area contributed by atoms with Gasteiger partial charge in [0, 0.05) is 20.1 Å². The van der Waals surface area contributed by atoms with Crippen molar-refractivity contribution in [3.63, 3.8) is 0 Å². The number of hydrogen-bond acceptors (Lipinski definition) is 5. The lowest BCUT2D eigenvalue weighted by atomic mass is 9.87. The summed E-state index contributed by atoms with van der Waals surface area (Å²) in [5.74, 6) is 0.663. The average Bonchev–Trinajstić information content (AvgIpc) is 3.08. The van der Waals surface area contributed by atoms with Gasteiger partial charge in [-0.25, -0.2) is 0 Å². The summed E-state index contributed by atoms with van der Waals surface area (Å²) >= 11 is 0. The fourth-order valence-electron chi connectivity index (χ4n) is 3.56. The minimum Gasteiger partial charge on any atom is -0.353 e. The smallest absolute Gasteiger partial charge is 0.220 e. The van der Waals surface area contributed by atoms with E-state index in [1.54, 1.807) is 7.11 Å². The van der Waals surface area contributed by atoms with Crippen molar-refractivity contribution in [1.29, 1.82) is 0 Å². The minimum atomic E-state index is -0.405. The van der Waals surface area contributed by atoms with Crippen molar-refractivity contribution >= 4 is 5.91 Å². The molecule has 3 fully saturated rings. The molecule has 3 rings (SSSR count). The molecule has 2 heterocycles. The Morgan fingerprint density at radius 1 is 1.19 bits per heavy atom. The van der Waals surface area contributed by atoms with Crippen LogP contribution in [-0.4, -0.2) is 51.0 Å². The summed E-state index contributed by atoms with van der Waals surface area (Å²) in [5.41, 5.74) is 0. The molecule has 1 aliphatic carbocycles. The molecule has 1 amide bonds. The first-order valence-corrected chi connectivity index (χ1v) is 7.96. The Balaban J connectivity index is 1.43. The molecule has 6 heteroatoms. The molecule has 0 aromatic rings. The van der Waals surface area contributed by atoms with Gasteiger partial charge in [0.1, 0.15) is 25.1 Å². The zero-order chi connectivity index (χ0) is 14.7. The number of fused-ring (bicyclic) bond motifs is 1. The zero-order valence-corrected chi connectivity index (χ0v) is 12.6. The lowest BCUT2D eigenvalue weighted by Gasteiger charge is -2.22. The molecule has 4 atom stereocenters. The SMILES string of the molecule is CO[C@@H]1O[C@H](CNC(=O)CC2CCCCC2)[C@H]2OCO[C@@H]12. The van der Waals surface area contributed by atoms with Gasteiger partial charge in [-0.15, -0.1) is 0 Å². The van der Waals surface area contributed by atoms with Gasteiger partial charge in [-0.2, -0.15) is 0 Å². The number of ether oxygens (including phenoxy) is 4. The van der Waals surface area contributed by atoms with Crippen LogP contribution in [0.1, 0.15) is 38.5 Å². The number of carbonyl (C=O) groups excluding carboxylic acids is 1. The number of rotatable bonds is 5. The first kappa shape index (κ1) is 15.2. The van der Waals surface area contributed by atoms with E-state index in [-0.39, 0.29) is 31.0 Å². The van der Waals surface area contributed by atoms with Gasteiger partial charge in [0.15, 0.2) is 6.29 Å². The van der Waals surface area contributed by atoms with Crippen molar-refractivity contribution < 1.29 is 23.7 Å². The van der Waals surface area contributed by atoms with Gasteiger partial charge in [0.2, 0.25) is 5.91 Å². The van der Waals surface area contributed by atoms with Crippen LogP contribution in [0.25, 0.3) is 0 Å². The highest BCUT2D eigenvalue weighted by Crippen LogP contribution is 2.31. The zero-order valence-electron chi connectivity index (χ0n) is 12.6. The standard InChI is InChI=1S/C15H25NO5/c1-18-15-14-13(19-9-20-14)11(21-15)8-16-12(17)7-10-5-3-2-4-6-10/h10-11,13-15H,2-9H2,1H3,(H,16,17)/t11-,13-,14-,15-/m1/s1. The average molecular weight is 299 g/mol. The second kappa shape index (κ2) is 7.05. The maximum absolute atomic E-state index is 12.0. The van der Waals surface area contributed by atoms with E-state index < -0.39 is 6.29 Å². The fraction of sp³-hybridized carbons (Fsp3) is 0.933. The summed E-state index contributed by atoms with van der Waals surface area (Å²) in [6.07, 6.45) is 5.89. The molecule has 2 saturated heterocycles. The van der Waals surface area contributed by atoms with Crippen LogP contribution in [0.4, 0.5) is 0 Å². The van der Waals surface area contributed by atoms with E-state index in [2.05, 4.69) is 5.32 Å². The Labute approximate surface area is 125 Å². The van der Waals surface area contributed by atoms with Crippen LogP contribution in [0, 0.1) is 5.92 Å². The maximum atomic E-state index is 12.0. The molecular weight excluding hydrogens is 274 g/mol. The molecule has 120 valence electrons. The third-order valence-electron chi connectivity index (χ3n) is 4.72. The number of amides is 1. The summed E-state index contributed by atoms with van der Waals surface area (Å²) in [4.78, 5) is 12.0. The first-order chi connectivity index (χ1) is 10.3. The molecule has 6 nitrogen and oxygen atoms in total. The summed E-state index contributed by atoms with van der Waals surface area (Å²) in [6.45, 7) is 0.723. The third-order valence-corrected chi connectivity index (χ3v) is 4.72. The molecule has 1 N–H and O–H groups in total. The van der Waals surface area contributed by atoms with E-state index in [1.807, 2.05) is 0 Å². The van der Waals surface area contributed by atoms with Crippen molar-refractivity contribution in [2.75, 3.05) is 20.4 Å². The van der Waals surface area contributed by atoms with Crippen LogP contribution < -0.4 is 5.32 Å². The topological polar surface area (TPSA) is 66.0 Å². The highest BCUT2D eigenvalue weighted by Gasteiger charge is 2.49. The number of methoxy groups -OCH3 is 1. The van der Waals surface area contributed by atoms with Crippen LogP contribution in [-0.2, 0) is 23.7 Å². The molecule has 1 saturated carbocycles. The van der Waals surface area contributed by atoms with Crippen molar-refractivity contribution in [1.82, 2.24) is 5.32 Å². The van der Waals surface area contributed by atoms with Gasteiger partial charge >= 0.3 is 0 Å². The summed E-state index contributed by atoms with van der Waals surface area (Å²) in [6, 6.07) is 0. The Hall–Kier alpha value is -0.690. The molecule has 0 bridgehead atoms. The molecule has 3 aliphatic rings. The molecule has 0 aromatic heterocycles. The Bertz CT molecular complexity index is 358. The fourth-order valence-corrected chi connectivity index (χ4v) is 3.56. The third kappa shape index (κ3) is 3.56. The van der Waals surface area contributed by atoms with Crippen LogP contribution in [0.15, 0.2) is 0 Å². The molecule has 0 radical (unpaired) electrons. The highest BCUT2D eigenvalue weighted by molar-refractivity contribution is 5.76. The maximum Gasteiger partial charge on any atom is 0.220 e. The first-order valence-electron chi connectivity index (χ1n) is 7.96. The molecule has 0 unspecified atom stereocenters. The van der Waals surface area contributed by atoms with Gasteiger partial charge in [0.25, 0.3) is 0 Å². The second-order valence-corrected chi connectivity index (χ2v) is 6.17. The number of hydrogen-bond donors (Lipinski definition) is 1. The Morgan fingerprint density at radius 2 is 1.95 bits per heavy atom. The second-order valence-electron chi connectivity index (χ2n) is 6.17. The van der Waals surface area contributed by atoms with Gasteiger partial charge in [-0.3, -0.25) is 4.79 Å². The van der Waals surface area contributed by atoms with E-state index >= 15 is 0 Å². The van der Waals surface area contributed by atoms with Crippen molar-refractivity contribution in [3.05, 3.63) is 0 Å². The largest absolute Gasteiger partial charge is 0.353 e. The predicted octanol–water partition coefficient (Wildman–Crippen LogP) is 1.19. The number of nitrogens with one attached hydrogen (secondary N) is 1. The van der Waals surface area contributed by atoms with Crippen molar-refractivity contribution in [2.24, 2.45) is 5.92 Å². The Morgan fingerprint density at radius 3 is 2.71 bits per heavy atom. The highest BCUT2D eigenvalue weighted by atomic mass is 16.8. The van der Waals surface area contributed by atoms with Gasteiger partial charge in [0.05, 0.1) is 0 Å². The van der Waals surface area contributed by atoms with E-state index in [1.165, 1.54) is 32.1 Å². The Kier molecular flexibility index (Phi) is 5.11. The van der Waals surface area contributed by atoms with Gasteiger partial charge < -0.3 is 24.3 Å². The molecule has 0 spiro atoms. The quantitative estimate of drug-likeness (QED) is 0.826. The lowest BCUT2D eigenvalue weighted by molar-refractivity contribution is -0.171. The van der Waals surface area contributed by atoms with Crippen LogP contribution in [0.2, 0.25) is 0 Å². The normalized spacial score (nSPS) is 36.6. The van der Waals surface area contributed by atoms with Crippen LogP contribution in [0.3, 0.4) is 0 Å². The molecule has 2 aliphatic heterocycles. The molecule has 21 heavy (non-hydrogen) atoms. The predicted molar refractivity (Wildman–Crippen MR) is 74.5 cm³/mol. The van der Waals surface area contributed by atoms with Crippen LogP contribution >= 0.6 is 0 Å². The van der Waals surface area contributed by atoms with E-state index in [4.69, 9.17) is 18.9 Å². The molecule has 0 aromatic carbocycles. The monoisotopic (exact) mass is 299 g/mol. The van der Waals surface area contributed by atoms with Crippen molar-refractivity contribution in [3.8, 4) is 0 Å². The summed E-state index contributed by atoms with van der Waals surface area (Å²) in [7, 11) is 1.59. The summed E-state index contributed by atoms with van der Waals surface area (Å²) < 4.78 is 22.0. The van der Waals surface area contributed by atoms with Gasteiger partial charge in [-0.1, -0.05) is 19.3 Å². The van der Waals surface area contributed by atoms with Crippen LogP contribution in [0.5, 0.6) is 0 Å². The van der Waals surface area contributed by atoms with Gasteiger partial charge in [-0.05, 0) is 18.8 Å². The van der Waals surface area contributed by atoms with E-state index in [9.17, 15) is 4.79 Å². The van der Waals surface area contributed by atoms with E-state index in [0.29, 0.717) is 18.9 Å². The summed E-state index contributed by atoms with van der Waals surface area (Å²) in [5, 5.41) is 2.97. The lowest BCUT2D eigenvalue weighted by Crippen LogP contribution is -2.39.